The molecule has 0 aromatic heterocycles. The van der Waals surface area contributed by atoms with Crippen LogP contribution in [0.5, 0.6) is 0 Å². The maximum absolute atomic E-state index is 11.5. The van der Waals surface area contributed by atoms with Crippen LogP contribution in [0, 0.1) is 5.92 Å². The van der Waals surface area contributed by atoms with E-state index in [0.717, 1.165) is 0 Å². The summed E-state index contributed by atoms with van der Waals surface area (Å²) >= 11 is 0. The molecule has 0 N–H and O–H groups in total. The van der Waals surface area contributed by atoms with Gasteiger partial charge in [-0.2, -0.15) is 0 Å². The van der Waals surface area contributed by atoms with Crippen molar-refractivity contribution in [1.82, 2.24) is 4.90 Å². The van der Waals surface area contributed by atoms with E-state index in [-0.39, 0.29) is 11.7 Å². The van der Waals surface area contributed by atoms with Gasteiger partial charge < -0.3 is 4.90 Å². The van der Waals surface area contributed by atoms with Crippen LogP contribution in [0.2, 0.25) is 0 Å². The highest BCUT2D eigenvalue weighted by Crippen LogP contribution is 2.03. The minimum Gasteiger partial charge on any atom is -0.343 e. The van der Waals surface area contributed by atoms with Crippen molar-refractivity contribution in [2.75, 3.05) is 13.1 Å². The predicted octanol–water partition coefficient (Wildman–Crippen LogP) is 1.08. The van der Waals surface area contributed by atoms with Crippen LogP contribution in [0.4, 0.5) is 0 Å². The lowest BCUT2D eigenvalue weighted by Crippen LogP contribution is -2.37. The van der Waals surface area contributed by atoms with Crippen molar-refractivity contribution in [3.05, 3.63) is 0 Å². The Morgan fingerprint density at radius 3 is 1.92 bits per heavy atom. The molecule has 0 heterocycles. The lowest BCUT2D eigenvalue weighted by atomic mass is 10.1. The third-order valence-electron chi connectivity index (χ3n) is 2.06. The maximum Gasteiger partial charge on any atom is 0.232 e. The van der Waals surface area contributed by atoms with Gasteiger partial charge in [0.2, 0.25) is 5.91 Å². The van der Waals surface area contributed by atoms with Crippen LogP contribution in [0.25, 0.3) is 0 Å². The molecule has 70 valence electrons. The third-order valence-corrected chi connectivity index (χ3v) is 2.06. The Morgan fingerprint density at radius 1 is 1.25 bits per heavy atom. The zero-order valence-corrected chi connectivity index (χ0v) is 8.26. The van der Waals surface area contributed by atoms with Gasteiger partial charge in [-0.05, 0) is 27.7 Å². The zero-order valence-electron chi connectivity index (χ0n) is 8.26. The van der Waals surface area contributed by atoms with E-state index in [2.05, 4.69) is 0 Å². The second-order valence-corrected chi connectivity index (χ2v) is 2.84. The number of Topliss-reactive ketones (excluding diaryl/α,β-unsaturated/α-hetero) is 1. The molecule has 3 nitrogen and oxygen atoms in total. The molecule has 0 saturated heterocycles. The first-order valence-corrected chi connectivity index (χ1v) is 4.33. The van der Waals surface area contributed by atoms with Gasteiger partial charge in [0.05, 0.1) is 5.92 Å². The number of nitrogens with zero attached hydrogens (tertiary/aromatic N) is 1. The molecule has 0 aliphatic carbocycles. The van der Waals surface area contributed by atoms with Crippen LogP contribution in [-0.4, -0.2) is 29.7 Å². The van der Waals surface area contributed by atoms with Gasteiger partial charge in [-0.15, -0.1) is 0 Å². The number of hydrogen-bond acceptors (Lipinski definition) is 2. The van der Waals surface area contributed by atoms with E-state index in [1.54, 1.807) is 11.8 Å². The highest BCUT2D eigenvalue weighted by molar-refractivity contribution is 5.99. The second-order valence-electron chi connectivity index (χ2n) is 2.84. The van der Waals surface area contributed by atoms with Gasteiger partial charge in [0.15, 0.2) is 0 Å². The molecule has 0 bridgehead atoms. The van der Waals surface area contributed by atoms with Crippen LogP contribution in [0.1, 0.15) is 27.7 Å². The van der Waals surface area contributed by atoms with Crippen LogP contribution in [0.15, 0.2) is 0 Å². The predicted molar refractivity (Wildman–Crippen MR) is 47.8 cm³/mol. The van der Waals surface area contributed by atoms with E-state index in [1.807, 2.05) is 13.8 Å². The first kappa shape index (κ1) is 11.1. The minimum atomic E-state index is -0.482. The van der Waals surface area contributed by atoms with Crippen LogP contribution < -0.4 is 0 Å². The fourth-order valence-electron chi connectivity index (χ4n) is 0.983. The van der Waals surface area contributed by atoms with E-state index in [1.165, 1.54) is 6.92 Å². The van der Waals surface area contributed by atoms with Gasteiger partial charge in [-0.25, -0.2) is 0 Å². The summed E-state index contributed by atoms with van der Waals surface area (Å²) in [5, 5.41) is 0. The molecule has 0 rings (SSSR count). The van der Waals surface area contributed by atoms with Gasteiger partial charge in [-0.3, -0.25) is 9.59 Å². The lowest BCUT2D eigenvalue weighted by Gasteiger charge is -2.21. The van der Waals surface area contributed by atoms with Gasteiger partial charge >= 0.3 is 0 Å². The van der Waals surface area contributed by atoms with Crippen LogP contribution in [-0.2, 0) is 9.59 Å². The molecule has 12 heavy (non-hydrogen) atoms. The van der Waals surface area contributed by atoms with Crippen molar-refractivity contribution < 1.29 is 9.59 Å². The average molecular weight is 171 g/mol. The van der Waals surface area contributed by atoms with Crippen molar-refractivity contribution in [3.8, 4) is 0 Å². The molecule has 0 aliphatic heterocycles. The summed E-state index contributed by atoms with van der Waals surface area (Å²) in [6.45, 7) is 8.28. The van der Waals surface area contributed by atoms with Crippen molar-refractivity contribution in [1.29, 1.82) is 0 Å². The highest BCUT2D eigenvalue weighted by atomic mass is 16.2. The fourth-order valence-corrected chi connectivity index (χ4v) is 0.983. The van der Waals surface area contributed by atoms with Gasteiger partial charge in [-0.1, -0.05) is 0 Å². The Kier molecular flexibility index (Phi) is 4.55. The Hall–Kier alpha value is -0.860. The number of hydrogen-bond donors (Lipinski definition) is 0. The maximum atomic E-state index is 11.5. The normalized spacial score (nSPS) is 12.3. The van der Waals surface area contributed by atoms with E-state index >= 15 is 0 Å². The van der Waals surface area contributed by atoms with Crippen LogP contribution in [0.3, 0.4) is 0 Å². The van der Waals surface area contributed by atoms with E-state index in [0.29, 0.717) is 13.1 Å². The highest BCUT2D eigenvalue weighted by Gasteiger charge is 2.21. The van der Waals surface area contributed by atoms with Gasteiger partial charge in [0.25, 0.3) is 0 Å². The third kappa shape index (κ3) is 2.64. The Labute approximate surface area is 73.7 Å². The quantitative estimate of drug-likeness (QED) is 0.593. The number of carbonyl (C=O) groups excluding carboxylic acids is 2. The first-order valence-electron chi connectivity index (χ1n) is 4.33. The van der Waals surface area contributed by atoms with Crippen molar-refractivity contribution in [2.24, 2.45) is 5.92 Å². The Bertz CT molecular complexity index is 173. The molecule has 0 radical (unpaired) electrons. The molecule has 3 heteroatoms. The molecule has 0 aromatic carbocycles. The number of rotatable bonds is 4. The molecule has 0 saturated carbocycles. The summed E-state index contributed by atoms with van der Waals surface area (Å²) in [6, 6.07) is 0. The first-order chi connectivity index (χ1) is 5.54. The Morgan fingerprint density at radius 2 is 1.67 bits per heavy atom. The van der Waals surface area contributed by atoms with E-state index < -0.39 is 5.92 Å². The monoisotopic (exact) mass is 171 g/mol. The summed E-state index contributed by atoms with van der Waals surface area (Å²) in [4.78, 5) is 24.0. The summed E-state index contributed by atoms with van der Waals surface area (Å²) in [5.74, 6) is -0.607. The molecule has 0 fully saturated rings. The SMILES string of the molecule is CCN(CC)C(=O)[C@@H](C)C(C)=O. The molecule has 0 spiro atoms. The Balaban J connectivity index is 4.25. The van der Waals surface area contributed by atoms with Crippen molar-refractivity contribution >= 4 is 11.7 Å². The number of amides is 1. The average Bonchev–Trinajstić information content (AvgIpc) is 2.05. The molecule has 0 unspecified atom stereocenters. The topological polar surface area (TPSA) is 37.4 Å². The molecular formula is C9H17NO2. The number of ketones is 1. The van der Waals surface area contributed by atoms with E-state index in [4.69, 9.17) is 0 Å². The minimum absolute atomic E-state index is 0.0625. The molecule has 0 aliphatic rings. The zero-order chi connectivity index (χ0) is 9.72. The smallest absolute Gasteiger partial charge is 0.232 e. The van der Waals surface area contributed by atoms with Crippen LogP contribution >= 0.6 is 0 Å². The van der Waals surface area contributed by atoms with Gasteiger partial charge in [0, 0.05) is 13.1 Å². The number of carbonyl (C=O) groups is 2. The molecule has 1 amide bonds. The van der Waals surface area contributed by atoms with E-state index in [9.17, 15) is 9.59 Å². The standard InChI is InChI=1S/C9H17NO2/c1-5-10(6-2)9(12)7(3)8(4)11/h7H,5-6H2,1-4H3/t7-/m0/s1. The van der Waals surface area contributed by atoms with Gasteiger partial charge in [0.1, 0.15) is 5.78 Å². The second kappa shape index (κ2) is 4.91. The summed E-state index contributed by atoms with van der Waals surface area (Å²) in [5.41, 5.74) is 0. The van der Waals surface area contributed by atoms with Crippen molar-refractivity contribution in [3.63, 3.8) is 0 Å². The largest absolute Gasteiger partial charge is 0.343 e. The summed E-state index contributed by atoms with van der Waals surface area (Å²) in [6.07, 6.45) is 0. The van der Waals surface area contributed by atoms with Crippen molar-refractivity contribution in [2.45, 2.75) is 27.7 Å². The summed E-state index contributed by atoms with van der Waals surface area (Å²) in [7, 11) is 0. The molecular weight excluding hydrogens is 154 g/mol. The summed E-state index contributed by atoms with van der Waals surface area (Å²) < 4.78 is 0. The lowest BCUT2D eigenvalue weighted by molar-refractivity contribution is -0.139. The molecule has 0 aromatic rings. The fraction of sp³-hybridized carbons (Fsp3) is 0.778. The molecule has 1 atom stereocenters.